The van der Waals surface area contributed by atoms with Crippen LogP contribution in [0.5, 0.6) is 0 Å². The normalized spacial score (nSPS) is 13.8. The second-order valence-corrected chi connectivity index (χ2v) is 26.8. The second-order valence-electron chi connectivity index (χ2n) is 20.7. The second kappa shape index (κ2) is 29.0. The summed E-state index contributed by atoms with van der Waals surface area (Å²) in [6.07, 6.45) is 17.6. The van der Waals surface area contributed by atoms with Gasteiger partial charge in [0.1, 0.15) is 0 Å². The molecular weight excluding hydrogens is 1470 g/mol. The molecular formula is C61H52ClF18N12P3V2-4. The van der Waals surface area contributed by atoms with E-state index in [0.29, 0.717) is 5.28 Å². The van der Waals surface area contributed by atoms with Crippen LogP contribution >= 0.6 is 35.0 Å². The van der Waals surface area contributed by atoms with Crippen LogP contribution in [-0.2, 0) is 58.8 Å². The van der Waals surface area contributed by atoms with E-state index in [1.54, 1.807) is 12.4 Å². The summed E-state index contributed by atoms with van der Waals surface area (Å²) in [7, 11) is -32.0. The van der Waals surface area contributed by atoms with Crippen molar-refractivity contribution < 1.29 is 113 Å². The summed E-state index contributed by atoms with van der Waals surface area (Å²) in [6, 6.07) is 59.9. The molecule has 0 aliphatic carbocycles. The molecule has 0 aliphatic heterocycles. The fourth-order valence-corrected chi connectivity index (χ4v) is 9.16. The molecule has 2 radical (unpaired) electrons. The van der Waals surface area contributed by atoms with Crippen molar-refractivity contribution in [3.63, 3.8) is 0 Å². The third-order valence-corrected chi connectivity index (χ3v) is 13.6. The van der Waals surface area contributed by atoms with Gasteiger partial charge in [-0.15, -0.1) is 0 Å². The van der Waals surface area contributed by atoms with E-state index in [2.05, 4.69) is 37.7 Å². The summed E-state index contributed by atoms with van der Waals surface area (Å²) < 4.78 is 178. The maximum absolute atomic E-state index is 10.7. The Hall–Kier alpha value is -7.80. The van der Waals surface area contributed by atoms with Crippen molar-refractivity contribution in [2.24, 2.45) is 0 Å². The SMILES string of the molecule is CC(c1ccccn1)(c1ccccn1)c1cccc(C(C)(c2ccccn2)c2ccccn2)n1.CC(c1ccccn1)(c1ccccn1)c1cccc(C(C)(c2ccccn2)c2ccccn2)n1.Clc1ncc[n-]1.F[P-](F)(F)(F)(F)F.F[P-](F)(F)(F)(F)F.F[P-](F)(F)(F)(F)F.[V].[V]. The molecule has 0 bridgehead atoms. The Morgan fingerprint density at radius 1 is 0.247 bits per heavy atom. The molecule has 0 atom stereocenters. The average molecular weight is 1530 g/mol. The molecule has 97 heavy (non-hydrogen) atoms. The molecule has 0 spiro atoms. The van der Waals surface area contributed by atoms with Crippen molar-refractivity contribution in [1.29, 1.82) is 0 Å². The number of hydrogen-bond acceptors (Lipinski definition) is 11. The van der Waals surface area contributed by atoms with E-state index in [0.717, 1.165) is 68.3 Å². The van der Waals surface area contributed by atoms with E-state index in [9.17, 15) is 75.5 Å². The first-order valence-electron chi connectivity index (χ1n) is 27.1. The van der Waals surface area contributed by atoms with Gasteiger partial charge >= 0.3 is 99.0 Å². The molecule has 11 aromatic heterocycles. The van der Waals surface area contributed by atoms with Crippen LogP contribution in [0.25, 0.3) is 0 Å². The summed E-state index contributed by atoms with van der Waals surface area (Å²) in [5, 5.41) is 0.315. The average Bonchev–Trinajstić information content (AvgIpc) is 0.784. The minimum absolute atomic E-state index is 0. The maximum Gasteiger partial charge on any atom is 0 e. The monoisotopic (exact) mass is 1520 g/mol. The van der Waals surface area contributed by atoms with Crippen LogP contribution in [0.4, 0.5) is 75.5 Å². The summed E-state index contributed by atoms with van der Waals surface area (Å²) in [6.45, 7) is 8.51. The van der Waals surface area contributed by atoms with Crippen LogP contribution in [0.15, 0.2) is 244 Å². The Morgan fingerprint density at radius 2 is 0.402 bits per heavy atom. The number of halogens is 19. The Morgan fingerprint density at radius 3 is 0.505 bits per heavy atom. The fraction of sp³-hybridized carbons (Fsp3) is 0.131. The molecule has 36 heteroatoms. The first kappa shape index (κ1) is 81.6. The molecule has 0 saturated heterocycles. The number of hydrogen-bond donors (Lipinski definition) is 0. The van der Waals surface area contributed by atoms with E-state index in [1.165, 1.54) is 0 Å². The van der Waals surface area contributed by atoms with Crippen LogP contribution in [0.3, 0.4) is 0 Å². The molecule has 0 fully saturated rings. The summed E-state index contributed by atoms with van der Waals surface area (Å²) in [4.78, 5) is 55.3. The minimum Gasteiger partial charge on any atom is 0 e. The molecule has 0 N–H and O–H groups in total. The van der Waals surface area contributed by atoms with Gasteiger partial charge in [-0.1, -0.05) is 84.7 Å². The van der Waals surface area contributed by atoms with Gasteiger partial charge in [-0.25, -0.2) is 0 Å². The van der Waals surface area contributed by atoms with Crippen molar-refractivity contribution in [2.75, 3.05) is 0 Å². The molecule has 0 amide bonds. The zero-order chi connectivity index (χ0) is 70.5. The summed E-state index contributed by atoms with van der Waals surface area (Å²) in [5.74, 6) is 0. The van der Waals surface area contributed by atoms with Crippen LogP contribution in [0.1, 0.15) is 96.0 Å². The molecule has 518 valence electrons. The van der Waals surface area contributed by atoms with Gasteiger partial charge in [-0.05, 0) is 149 Å². The molecule has 0 saturated carbocycles. The van der Waals surface area contributed by atoms with Gasteiger partial charge < -0.3 is 9.97 Å². The van der Waals surface area contributed by atoms with Crippen LogP contribution in [0, 0.1) is 0 Å². The van der Waals surface area contributed by atoms with Crippen molar-refractivity contribution in [3.8, 4) is 0 Å². The van der Waals surface area contributed by atoms with Crippen molar-refractivity contribution >= 4 is 35.0 Å². The quantitative estimate of drug-likeness (QED) is 0.0844. The smallest absolute Gasteiger partial charge is 0 e. The summed E-state index contributed by atoms with van der Waals surface area (Å²) in [5.41, 5.74) is 7.95. The van der Waals surface area contributed by atoms with Crippen molar-refractivity contribution in [1.82, 2.24) is 59.8 Å². The molecule has 11 aromatic rings. The van der Waals surface area contributed by atoms with Crippen molar-refractivity contribution in [3.05, 3.63) is 318 Å². The van der Waals surface area contributed by atoms with Gasteiger partial charge in [0.05, 0.1) is 90.0 Å². The van der Waals surface area contributed by atoms with Gasteiger partial charge in [-0.2, -0.15) is 0 Å². The van der Waals surface area contributed by atoms with Gasteiger partial charge in [-0.3, -0.25) is 49.8 Å². The van der Waals surface area contributed by atoms with E-state index >= 15 is 0 Å². The van der Waals surface area contributed by atoms with Crippen LogP contribution < -0.4 is 4.98 Å². The number of aromatic nitrogens is 12. The van der Waals surface area contributed by atoms with Crippen LogP contribution in [-0.4, -0.2) is 54.8 Å². The molecule has 0 aromatic carbocycles. The number of rotatable bonds is 12. The summed E-state index contributed by atoms with van der Waals surface area (Å²) >= 11 is 5.23. The molecule has 0 aliphatic rings. The third kappa shape index (κ3) is 27.2. The predicted octanol–water partition coefficient (Wildman–Crippen LogP) is 21.6. The Kier molecular flexibility index (Phi) is 24.4. The number of imidazole rings is 1. The largest absolute Gasteiger partial charge is 0 e. The standard InChI is InChI=1S/2C29H25N5.C3H2ClN2.3F6P.2V/c2*1-28(22-12-3-7-18-30-22,23-13-4-8-19-31-23)26-16-11-17-27(34-26)29(2,24-14-5-9-20-32-24)25-15-6-10-21-33-25;4-3-5-1-2-6-3;3*1-7(2,3,4,5)6;;/h2*3-21H,1-2H3;1-2H;;;;;/q;;4*-1;;. The van der Waals surface area contributed by atoms with Gasteiger partial charge in [0.2, 0.25) is 0 Å². The maximum atomic E-state index is 9.87. The Balaban J connectivity index is 0.000000294. The molecule has 11 rings (SSSR count). The Bertz CT molecular complexity index is 3550. The predicted molar refractivity (Wildman–Crippen MR) is 328 cm³/mol. The fourth-order valence-electron chi connectivity index (χ4n) is 9.05. The van der Waals surface area contributed by atoms with Gasteiger partial charge in [0.15, 0.2) is 0 Å². The van der Waals surface area contributed by atoms with Gasteiger partial charge in [0.25, 0.3) is 0 Å². The van der Waals surface area contributed by atoms with Crippen LogP contribution in [0.2, 0.25) is 5.28 Å². The minimum atomic E-state index is -10.7. The topological polar surface area (TPSA) is 156 Å². The first-order valence-corrected chi connectivity index (χ1v) is 33.5. The van der Waals surface area contributed by atoms with Crippen molar-refractivity contribution in [2.45, 2.75) is 49.4 Å². The van der Waals surface area contributed by atoms with E-state index in [1.807, 2.05) is 232 Å². The van der Waals surface area contributed by atoms with E-state index < -0.39 is 45.1 Å². The zero-order valence-corrected chi connectivity index (χ0v) is 56.6. The number of nitrogens with zero attached hydrogens (tertiary/aromatic N) is 12. The zero-order valence-electron chi connectivity index (χ0n) is 50.4. The van der Waals surface area contributed by atoms with E-state index in [4.69, 9.17) is 61.4 Å². The molecule has 11 heterocycles. The Labute approximate surface area is 571 Å². The third-order valence-electron chi connectivity index (χ3n) is 13.4. The molecule has 12 nitrogen and oxygen atoms in total. The van der Waals surface area contributed by atoms with Gasteiger partial charge in [0, 0.05) is 92.0 Å². The molecule has 0 unspecified atom stereocenters. The van der Waals surface area contributed by atoms with E-state index in [-0.39, 0.29) is 37.1 Å². The first-order chi connectivity index (χ1) is 43.5. The number of pyridine rings is 10.